The second-order valence-electron chi connectivity index (χ2n) is 6.72. The van der Waals surface area contributed by atoms with Gasteiger partial charge in [-0.3, -0.25) is 4.79 Å². The van der Waals surface area contributed by atoms with Crippen molar-refractivity contribution in [1.29, 1.82) is 0 Å². The first-order chi connectivity index (χ1) is 13.0. The maximum Gasteiger partial charge on any atom is 0.303 e. The van der Waals surface area contributed by atoms with Crippen molar-refractivity contribution in [2.24, 2.45) is 0 Å². The molecule has 4 nitrogen and oxygen atoms in total. The molecule has 2 aromatic heterocycles. The number of carbonyl (C=O) groups is 1. The van der Waals surface area contributed by atoms with Crippen LogP contribution >= 0.6 is 0 Å². The van der Waals surface area contributed by atoms with Crippen molar-refractivity contribution < 1.29 is 18.4 Å². The van der Waals surface area contributed by atoms with Gasteiger partial charge in [0, 0.05) is 13.3 Å². The van der Waals surface area contributed by atoms with E-state index in [-0.39, 0.29) is 12.1 Å². The molecule has 144 valence electrons. The number of rotatable bonds is 10. The number of allylic oxidation sites excluding steroid dienone is 5. The predicted molar refractivity (Wildman–Crippen MR) is 106 cm³/mol. The minimum absolute atomic E-state index is 0.278. The molecule has 0 saturated carbocycles. The number of furan rings is 2. The smallest absolute Gasteiger partial charge is 0.303 e. The Bertz CT molecular complexity index is 761. The van der Waals surface area contributed by atoms with Gasteiger partial charge in [0.05, 0.1) is 25.1 Å². The summed E-state index contributed by atoms with van der Waals surface area (Å²) in [7, 11) is 0. The summed E-state index contributed by atoms with van der Waals surface area (Å²) in [6, 6.07) is 3.88. The Morgan fingerprint density at radius 3 is 2.44 bits per heavy atom. The summed E-state index contributed by atoms with van der Waals surface area (Å²) in [5.74, 6) is -0.278. The van der Waals surface area contributed by atoms with Gasteiger partial charge in [0.2, 0.25) is 0 Å². The minimum Gasteiger partial charge on any atom is -0.472 e. The fraction of sp³-hybridized carbons (Fsp3) is 0.348. The number of hydrogen-bond donors (Lipinski definition) is 0. The van der Waals surface area contributed by atoms with Gasteiger partial charge >= 0.3 is 5.97 Å². The van der Waals surface area contributed by atoms with Crippen molar-refractivity contribution in [3.63, 3.8) is 0 Å². The second kappa shape index (κ2) is 11.1. The Balaban J connectivity index is 1.83. The number of hydrogen-bond acceptors (Lipinski definition) is 4. The Labute approximate surface area is 161 Å². The highest BCUT2D eigenvalue weighted by molar-refractivity contribution is 5.66. The van der Waals surface area contributed by atoms with E-state index in [1.807, 2.05) is 25.1 Å². The molecule has 2 aromatic rings. The van der Waals surface area contributed by atoms with Crippen LogP contribution in [0.15, 0.2) is 81.5 Å². The summed E-state index contributed by atoms with van der Waals surface area (Å²) in [5.41, 5.74) is 4.63. The largest absolute Gasteiger partial charge is 0.472 e. The summed E-state index contributed by atoms with van der Waals surface area (Å²) in [4.78, 5) is 11.4. The fourth-order valence-electron chi connectivity index (χ4n) is 2.77. The van der Waals surface area contributed by atoms with Crippen molar-refractivity contribution in [2.45, 2.75) is 52.6 Å². The lowest BCUT2D eigenvalue weighted by Gasteiger charge is -2.13. The van der Waals surface area contributed by atoms with Gasteiger partial charge in [0.25, 0.3) is 0 Å². The monoisotopic (exact) mass is 368 g/mol. The highest BCUT2D eigenvalue weighted by atomic mass is 16.5. The molecule has 0 amide bonds. The maximum atomic E-state index is 11.4. The number of ether oxygens (including phenoxy) is 1. The molecular weight excluding hydrogens is 340 g/mol. The highest BCUT2D eigenvalue weighted by Crippen LogP contribution is 2.13. The van der Waals surface area contributed by atoms with E-state index in [1.54, 1.807) is 25.1 Å². The van der Waals surface area contributed by atoms with Gasteiger partial charge in [-0.2, -0.15) is 0 Å². The third kappa shape index (κ3) is 8.45. The zero-order valence-electron chi connectivity index (χ0n) is 16.3. The average Bonchev–Trinajstić information content (AvgIpc) is 3.28. The van der Waals surface area contributed by atoms with Crippen LogP contribution < -0.4 is 0 Å². The van der Waals surface area contributed by atoms with Crippen LogP contribution in [-0.4, -0.2) is 12.1 Å². The first-order valence-electron chi connectivity index (χ1n) is 9.23. The van der Waals surface area contributed by atoms with E-state index in [0.29, 0.717) is 6.42 Å². The van der Waals surface area contributed by atoms with Crippen LogP contribution in [0.4, 0.5) is 0 Å². The lowest BCUT2D eigenvalue weighted by Crippen LogP contribution is -2.16. The van der Waals surface area contributed by atoms with Crippen molar-refractivity contribution in [1.82, 2.24) is 0 Å². The van der Waals surface area contributed by atoms with Gasteiger partial charge in [-0.05, 0) is 62.4 Å². The Morgan fingerprint density at radius 1 is 1.11 bits per heavy atom. The zero-order chi connectivity index (χ0) is 19.5. The van der Waals surface area contributed by atoms with Gasteiger partial charge in [-0.15, -0.1) is 0 Å². The van der Waals surface area contributed by atoms with E-state index in [9.17, 15) is 4.79 Å². The van der Waals surface area contributed by atoms with Crippen LogP contribution in [-0.2, 0) is 22.4 Å². The van der Waals surface area contributed by atoms with Crippen molar-refractivity contribution >= 4 is 5.97 Å². The molecule has 0 aliphatic carbocycles. The van der Waals surface area contributed by atoms with Gasteiger partial charge < -0.3 is 13.6 Å². The topological polar surface area (TPSA) is 52.6 Å². The number of carbonyl (C=O) groups excluding carboxylic acids is 1. The Hall–Kier alpha value is -2.75. The fourth-order valence-corrected chi connectivity index (χ4v) is 2.77. The molecule has 0 radical (unpaired) electrons. The van der Waals surface area contributed by atoms with Gasteiger partial charge in [0.15, 0.2) is 0 Å². The molecular formula is C23H28O4. The predicted octanol–water partition coefficient (Wildman–Crippen LogP) is 5.82. The molecule has 27 heavy (non-hydrogen) atoms. The van der Waals surface area contributed by atoms with Gasteiger partial charge in [0.1, 0.15) is 6.10 Å². The summed E-state index contributed by atoms with van der Waals surface area (Å²) in [6.07, 6.45) is 18.4. The van der Waals surface area contributed by atoms with Crippen LogP contribution in [0, 0.1) is 0 Å². The van der Waals surface area contributed by atoms with Crippen LogP contribution in [0.5, 0.6) is 0 Å². The Kier molecular flexibility index (Phi) is 8.43. The number of esters is 1. The molecule has 0 fully saturated rings. The highest BCUT2D eigenvalue weighted by Gasteiger charge is 2.11. The third-order valence-electron chi connectivity index (χ3n) is 4.10. The molecule has 0 unspecified atom stereocenters. The van der Waals surface area contributed by atoms with E-state index < -0.39 is 0 Å². The lowest BCUT2D eigenvalue weighted by atomic mass is 10.1. The maximum absolute atomic E-state index is 11.4. The average molecular weight is 368 g/mol. The van der Waals surface area contributed by atoms with Crippen molar-refractivity contribution in [3.8, 4) is 0 Å². The summed E-state index contributed by atoms with van der Waals surface area (Å²) >= 11 is 0. The molecule has 0 aromatic carbocycles. The van der Waals surface area contributed by atoms with Crippen LogP contribution in [0.1, 0.15) is 44.7 Å². The summed E-state index contributed by atoms with van der Waals surface area (Å²) in [5, 5.41) is 0. The minimum atomic E-state index is -0.278. The first-order valence-corrected chi connectivity index (χ1v) is 9.23. The standard InChI is InChI=1S/C23H28O4/c1-18(7-5-9-21-10-12-25-16-21)6-4-8-19(2)14-23(27-20(3)24)15-22-11-13-26-17-22/h4,6-7,10-14,16-17,23H,5,8-9,15H2,1-3H3/b6-4+,18-7+,19-14+/t23-/m1/s1. The second-order valence-corrected chi connectivity index (χ2v) is 6.72. The molecule has 1 atom stereocenters. The first kappa shape index (κ1) is 20.6. The molecule has 0 N–H and O–H groups in total. The van der Waals surface area contributed by atoms with Crippen molar-refractivity contribution in [3.05, 3.63) is 83.8 Å². The summed E-state index contributed by atoms with van der Waals surface area (Å²) < 4.78 is 15.6. The van der Waals surface area contributed by atoms with E-state index in [1.165, 1.54) is 18.1 Å². The van der Waals surface area contributed by atoms with Crippen LogP contribution in [0.25, 0.3) is 0 Å². The lowest BCUT2D eigenvalue weighted by molar-refractivity contribution is -0.144. The Morgan fingerprint density at radius 2 is 1.81 bits per heavy atom. The molecule has 0 saturated heterocycles. The van der Waals surface area contributed by atoms with E-state index in [4.69, 9.17) is 13.6 Å². The molecule has 2 rings (SSSR count). The van der Waals surface area contributed by atoms with Crippen LogP contribution in [0.3, 0.4) is 0 Å². The van der Waals surface area contributed by atoms with Crippen LogP contribution in [0.2, 0.25) is 0 Å². The zero-order valence-corrected chi connectivity index (χ0v) is 16.3. The van der Waals surface area contributed by atoms with E-state index in [0.717, 1.165) is 30.4 Å². The molecule has 0 spiro atoms. The third-order valence-corrected chi connectivity index (χ3v) is 4.10. The van der Waals surface area contributed by atoms with E-state index in [2.05, 4.69) is 25.2 Å². The van der Waals surface area contributed by atoms with Gasteiger partial charge in [-0.25, -0.2) is 0 Å². The SMILES string of the molecule is CC(=O)O[C@H](/C=C(\C)C/C=C/C(C)=C/CCc1ccoc1)Cc1ccoc1. The molecule has 0 aliphatic heterocycles. The number of aryl methyl sites for hydroxylation is 1. The quantitative estimate of drug-likeness (QED) is 0.301. The van der Waals surface area contributed by atoms with Gasteiger partial charge in [-0.1, -0.05) is 29.4 Å². The van der Waals surface area contributed by atoms with Crippen molar-refractivity contribution in [2.75, 3.05) is 0 Å². The van der Waals surface area contributed by atoms with E-state index >= 15 is 0 Å². The summed E-state index contributed by atoms with van der Waals surface area (Å²) in [6.45, 7) is 5.59. The molecule has 0 aliphatic rings. The molecule has 0 bridgehead atoms. The molecule has 2 heterocycles. The normalized spacial score (nSPS) is 13.9. The molecule has 4 heteroatoms.